The van der Waals surface area contributed by atoms with Gasteiger partial charge in [0.2, 0.25) is 0 Å². The van der Waals surface area contributed by atoms with Crippen molar-refractivity contribution in [1.82, 2.24) is 0 Å². The smallest absolute Gasteiger partial charge is 0.303 e. The molecule has 35 heavy (non-hydrogen) atoms. The minimum Gasteiger partial charge on any atom is -0.457 e. The van der Waals surface area contributed by atoms with Gasteiger partial charge in [0.1, 0.15) is 12.2 Å². The van der Waals surface area contributed by atoms with Crippen LogP contribution in [0.5, 0.6) is 0 Å². The molecule has 7 nitrogen and oxygen atoms in total. The van der Waals surface area contributed by atoms with E-state index in [1.807, 2.05) is 0 Å². The van der Waals surface area contributed by atoms with E-state index in [-0.39, 0.29) is 12.0 Å². The van der Waals surface area contributed by atoms with Crippen molar-refractivity contribution in [2.75, 3.05) is 0 Å². The fourth-order valence-electron chi connectivity index (χ4n) is 8.41. The normalized spacial score (nSPS) is 51.4. The topological polar surface area (TPSA) is 105 Å². The van der Waals surface area contributed by atoms with E-state index >= 15 is 0 Å². The molecule has 5 rings (SSSR count). The Morgan fingerprint density at radius 2 is 1.94 bits per heavy atom. The Hall–Kier alpha value is -1.25. The molecule has 0 aromatic carbocycles. The Morgan fingerprint density at radius 3 is 2.66 bits per heavy atom. The molecule has 0 amide bonds. The molecule has 4 aliphatic carbocycles. The molecule has 196 valence electrons. The van der Waals surface area contributed by atoms with Crippen LogP contribution in [0.2, 0.25) is 0 Å². The van der Waals surface area contributed by atoms with Crippen molar-refractivity contribution in [2.45, 2.75) is 115 Å². The number of hydrogen-bond donors (Lipinski definition) is 3. The van der Waals surface area contributed by atoms with Crippen molar-refractivity contribution in [3.05, 3.63) is 24.3 Å². The zero-order chi connectivity index (χ0) is 25.1. The molecule has 12 atom stereocenters. The molecule has 0 aromatic heterocycles. The van der Waals surface area contributed by atoms with Crippen LogP contribution in [0.15, 0.2) is 24.3 Å². The highest BCUT2D eigenvalue weighted by Gasteiger charge is 2.59. The number of aliphatic hydroxyl groups is 3. The summed E-state index contributed by atoms with van der Waals surface area (Å²) in [6.45, 7) is 9.47. The van der Waals surface area contributed by atoms with E-state index < -0.39 is 42.3 Å². The molecule has 0 spiro atoms. The number of carbonyl (C=O) groups excluding carboxylic acids is 1. The number of carbonyl (C=O) groups is 1. The summed E-state index contributed by atoms with van der Waals surface area (Å²) in [5.41, 5.74) is 0.581. The summed E-state index contributed by atoms with van der Waals surface area (Å²) in [6.07, 6.45) is 6.56. The van der Waals surface area contributed by atoms with E-state index in [9.17, 15) is 20.1 Å². The number of aliphatic hydroxyl groups excluding tert-OH is 2. The van der Waals surface area contributed by atoms with Crippen LogP contribution < -0.4 is 0 Å². The first-order valence-electron chi connectivity index (χ1n) is 13.5. The van der Waals surface area contributed by atoms with Gasteiger partial charge >= 0.3 is 5.97 Å². The molecular formula is C28H42O7. The van der Waals surface area contributed by atoms with Crippen molar-refractivity contribution in [1.29, 1.82) is 0 Å². The molecule has 5 aliphatic rings. The Bertz CT molecular complexity index is 871. The molecule has 3 saturated carbocycles. The van der Waals surface area contributed by atoms with E-state index in [4.69, 9.17) is 14.2 Å². The first kappa shape index (κ1) is 25.4. The lowest BCUT2D eigenvalue weighted by atomic mass is 9.50. The standard InChI is InChI=1S/C28H42O7/c1-5-17-7-9-21-20-8-6-18-14-19(10-13-28(18,32)22(20)11-12-27(17,21)4)35-26-24(31)25(34-16(3)29)23(30)15(2)33-26/h5-6,15,17,19-26,30-32H,1,7-14H2,2-4H3/t15-,17-,19-,20-,21-,22-,23+,24-,25+,26-,27+,28+/m0/s1. The lowest BCUT2D eigenvalue weighted by molar-refractivity contribution is -0.308. The van der Waals surface area contributed by atoms with Crippen LogP contribution in [0.25, 0.3) is 0 Å². The summed E-state index contributed by atoms with van der Waals surface area (Å²) in [5, 5.41) is 33.0. The van der Waals surface area contributed by atoms with Gasteiger partial charge in [0.05, 0.1) is 17.8 Å². The number of ether oxygens (including phenoxy) is 3. The average molecular weight is 491 g/mol. The Labute approximate surface area is 208 Å². The maximum absolute atomic E-state index is 12.0. The van der Waals surface area contributed by atoms with Gasteiger partial charge in [-0.1, -0.05) is 19.1 Å². The van der Waals surface area contributed by atoms with Gasteiger partial charge < -0.3 is 29.5 Å². The van der Waals surface area contributed by atoms with E-state index in [0.717, 1.165) is 24.8 Å². The number of rotatable bonds is 4. The Balaban J connectivity index is 1.28. The lowest BCUT2D eigenvalue weighted by Crippen LogP contribution is -2.60. The van der Waals surface area contributed by atoms with Gasteiger partial charge in [-0.3, -0.25) is 4.79 Å². The third-order valence-electron chi connectivity index (χ3n) is 10.3. The summed E-state index contributed by atoms with van der Waals surface area (Å²) in [4.78, 5) is 11.5. The molecule has 1 aliphatic heterocycles. The summed E-state index contributed by atoms with van der Waals surface area (Å²) in [5.74, 6) is 1.44. The van der Waals surface area contributed by atoms with Crippen LogP contribution in [-0.4, -0.2) is 63.7 Å². The van der Waals surface area contributed by atoms with Crippen LogP contribution in [-0.2, 0) is 19.0 Å². The summed E-state index contributed by atoms with van der Waals surface area (Å²) < 4.78 is 17.1. The molecule has 0 unspecified atom stereocenters. The highest BCUT2D eigenvalue weighted by Crippen LogP contribution is 2.64. The predicted octanol–water partition coefficient (Wildman–Crippen LogP) is 3.26. The zero-order valence-corrected chi connectivity index (χ0v) is 21.3. The minimum atomic E-state index is -1.29. The number of esters is 1. The van der Waals surface area contributed by atoms with Gasteiger partial charge in [0, 0.05) is 6.92 Å². The molecule has 1 saturated heterocycles. The lowest BCUT2D eigenvalue weighted by Gasteiger charge is -2.57. The van der Waals surface area contributed by atoms with Crippen LogP contribution >= 0.6 is 0 Å². The quantitative estimate of drug-likeness (QED) is 0.410. The summed E-state index contributed by atoms with van der Waals surface area (Å²) in [6, 6.07) is 0. The molecule has 7 heteroatoms. The van der Waals surface area contributed by atoms with Gasteiger partial charge in [-0.15, -0.1) is 6.58 Å². The van der Waals surface area contributed by atoms with Crippen molar-refractivity contribution < 1.29 is 34.3 Å². The summed E-state index contributed by atoms with van der Waals surface area (Å²) in [7, 11) is 0. The van der Waals surface area contributed by atoms with E-state index in [2.05, 4.69) is 25.7 Å². The van der Waals surface area contributed by atoms with Gasteiger partial charge in [-0.25, -0.2) is 0 Å². The maximum atomic E-state index is 12.0. The van der Waals surface area contributed by atoms with Crippen molar-refractivity contribution in [3.63, 3.8) is 0 Å². The van der Waals surface area contributed by atoms with Gasteiger partial charge in [-0.2, -0.15) is 0 Å². The molecule has 3 N–H and O–H groups in total. The molecule has 0 radical (unpaired) electrons. The van der Waals surface area contributed by atoms with Crippen LogP contribution in [0.4, 0.5) is 0 Å². The molecular weight excluding hydrogens is 448 g/mol. The first-order chi connectivity index (χ1) is 16.6. The third-order valence-corrected chi connectivity index (χ3v) is 10.3. The van der Waals surface area contributed by atoms with E-state index in [0.29, 0.717) is 42.4 Å². The first-order valence-corrected chi connectivity index (χ1v) is 13.5. The van der Waals surface area contributed by atoms with Crippen molar-refractivity contribution >= 4 is 5.97 Å². The Morgan fingerprint density at radius 1 is 1.17 bits per heavy atom. The second-order valence-electron chi connectivity index (χ2n) is 12.0. The predicted molar refractivity (Wildman–Crippen MR) is 129 cm³/mol. The van der Waals surface area contributed by atoms with Crippen molar-refractivity contribution in [2.24, 2.45) is 29.1 Å². The number of hydrogen-bond acceptors (Lipinski definition) is 7. The van der Waals surface area contributed by atoms with Crippen LogP contribution in [0.3, 0.4) is 0 Å². The largest absolute Gasteiger partial charge is 0.457 e. The van der Waals surface area contributed by atoms with Gasteiger partial charge in [-0.05, 0) is 93.0 Å². The monoisotopic (exact) mass is 490 g/mol. The van der Waals surface area contributed by atoms with Crippen LogP contribution in [0.1, 0.15) is 72.1 Å². The van der Waals surface area contributed by atoms with Gasteiger partial charge in [0.15, 0.2) is 12.4 Å². The highest BCUT2D eigenvalue weighted by molar-refractivity contribution is 5.66. The highest BCUT2D eigenvalue weighted by atomic mass is 16.7. The number of fused-ring (bicyclic) bond motifs is 5. The zero-order valence-electron chi connectivity index (χ0n) is 21.3. The van der Waals surface area contributed by atoms with E-state index in [1.54, 1.807) is 6.92 Å². The molecule has 1 heterocycles. The fourth-order valence-corrected chi connectivity index (χ4v) is 8.41. The van der Waals surface area contributed by atoms with E-state index in [1.165, 1.54) is 19.8 Å². The molecule has 0 bridgehead atoms. The van der Waals surface area contributed by atoms with Crippen LogP contribution in [0, 0.1) is 29.1 Å². The average Bonchev–Trinajstić information content (AvgIpc) is 3.16. The van der Waals surface area contributed by atoms with Gasteiger partial charge in [0.25, 0.3) is 0 Å². The third kappa shape index (κ3) is 4.11. The molecule has 4 fully saturated rings. The van der Waals surface area contributed by atoms with Crippen molar-refractivity contribution in [3.8, 4) is 0 Å². The second kappa shape index (κ2) is 9.25. The maximum Gasteiger partial charge on any atom is 0.303 e. The SMILES string of the molecule is C=C[C@H]1CC[C@H]2[C@@H]3CC=C4C[C@@H](O[C@@H]5O[C@@H](C)[C@@H](O)[C@@H](OC(C)=O)[C@@H]5O)CC[C@]4(O)[C@H]3CC[C@]12C. The summed E-state index contributed by atoms with van der Waals surface area (Å²) >= 11 is 0. The second-order valence-corrected chi connectivity index (χ2v) is 12.0. The fraction of sp³-hybridized carbons (Fsp3) is 0.821. The number of allylic oxidation sites excluding steroid dienone is 2. The minimum absolute atomic E-state index is 0.219. The molecule has 0 aromatic rings. The Kier molecular flexibility index (Phi) is 6.71.